The Kier molecular flexibility index (Phi) is 9.44. The fraction of sp³-hybridized carbons (Fsp3) is 0.172. The molecular formula is C29H27N5O6. The molecule has 204 valence electrons. The van der Waals surface area contributed by atoms with E-state index in [9.17, 15) is 9.59 Å². The van der Waals surface area contributed by atoms with Gasteiger partial charge in [0, 0.05) is 53.5 Å². The van der Waals surface area contributed by atoms with Crippen molar-refractivity contribution in [3.63, 3.8) is 0 Å². The number of hydrogen-bond acceptors (Lipinski definition) is 8. The van der Waals surface area contributed by atoms with Crippen LogP contribution in [0.15, 0.2) is 66.9 Å². The van der Waals surface area contributed by atoms with Gasteiger partial charge in [0.1, 0.15) is 5.75 Å². The lowest BCUT2D eigenvalue weighted by Gasteiger charge is -2.13. The highest BCUT2D eigenvalue weighted by atomic mass is 16.5. The normalized spacial score (nSPS) is 10.5. The predicted molar refractivity (Wildman–Crippen MR) is 150 cm³/mol. The zero-order chi connectivity index (χ0) is 28.3. The fourth-order valence-electron chi connectivity index (χ4n) is 3.78. The Bertz CT molecular complexity index is 1550. The Morgan fingerprint density at radius 1 is 1.02 bits per heavy atom. The van der Waals surface area contributed by atoms with E-state index in [0.29, 0.717) is 65.4 Å². The van der Waals surface area contributed by atoms with Crippen LogP contribution >= 0.6 is 0 Å². The number of carboxylic acid groups (broad SMARTS) is 1. The van der Waals surface area contributed by atoms with Gasteiger partial charge in [0.25, 0.3) is 5.91 Å². The lowest BCUT2D eigenvalue weighted by Crippen LogP contribution is -2.27. The number of amides is 2. The molecule has 0 aliphatic heterocycles. The molecule has 4 rings (SSSR count). The molecule has 11 nitrogen and oxygen atoms in total. The Balaban J connectivity index is 1.49. The van der Waals surface area contributed by atoms with Crippen molar-refractivity contribution in [2.24, 2.45) is 0 Å². The molecule has 0 radical (unpaired) electrons. The highest BCUT2D eigenvalue weighted by Crippen LogP contribution is 2.34. The van der Waals surface area contributed by atoms with E-state index < -0.39 is 6.09 Å². The first-order valence-electron chi connectivity index (χ1n) is 12.2. The van der Waals surface area contributed by atoms with Crippen molar-refractivity contribution in [2.75, 3.05) is 44.1 Å². The van der Waals surface area contributed by atoms with Gasteiger partial charge in [-0.05, 0) is 30.3 Å². The zero-order valence-electron chi connectivity index (χ0n) is 21.6. The van der Waals surface area contributed by atoms with Crippen molar-refractivity contribution in [3.05, 3.63) is 78.0 Å². The summed E-state index contributed by atoms with van der Waals surface area (Å²) < 4.78 is 16.3. The van der Waals surface area contributed by atoms with Crippen molar-refractivity contribution >= 4 is 40.1 Å². The summed E-state index contributed by atoms with van der Waals surface area (Å²) in [6.45, 7) is 1.60. The maximum Gasteiger partial charge on any atom is 0.409 e. The molecule has 1 heterocycles. The van der Waals surface area contributed by atoms with Gasteiger partial charge < -0.3 is 30.0 Å². The number of anilines is 3. The summed E-state index contributed by atoms with van der Waals surface area (Å²) in [5, 5.41) is 18.8. The van der Waals surface area contributed by atoms with Gasteiger partial charge in [-0.25, -0.2) is 9.78 Å². The molecule has 0 saturated heterocycles. The molecule has 0 unspecified atom stereocenters. The highest BCUT2D eigenvalue weighted by Gasteiger charge is 2.12. The standard InChI is InChI=1S/C29H27N5O6/c1-3-19-16-20(27(35)30-12-13-39-15-14-38-2)18-21(17-19)32-28-31-11-10-26(34-28)40-25-9-8-24(33-29(36)37)22-6-4-5-7-23(22)25/h1,4-11,16-18,33H,12-15H2,2H3,(H,30,35)(H,36,37)(H,31,32,34). The second-order valence-corrected chi connectivity index (χ2v) is 8.34. The van der Waals surface area contributed by atoms with E-state index in [1.54, 1.807) is 49.6 Å². The Labute approximate surface area is 230 Å². The molecule has 0 aliphatic rings. The van der Waals surface area contributed by atoms with Crippen LogP contribution in [0.1, 0.15) is 15.9 Å². The molecule has 0 bridgehead atoms. The molecule has 4 N–H and O–H groups in total. The Hall–Kier alpha value is -5.18. The second kappa shape index (κ2) is 13.6. The van der Waals surface area contributed by atoms with Crippen molar-refractivity contribution in [1.82, 2.24) is 15.3 Å². The minimum Gasteiger partial charge on any atom is -0.465 e. The van der Waals surface area contributed by atoms with E-state index >= 15 is 0 Å². The lowest BCUT2D eigenvalue weighted by molar-refractivity contribution is 0.0692. The van der Waals surface area contributed by atoms with Gasteiger partial charge in [-0.15, -0.1) is 6.42 Å². The van der Waals surface area contributed by atoms with Crippen molar-refractivity contribution in [1.29, 1.82) is 0 Å². The second-order valence-electron chi connectivity index (χ2n) is 8.34. The van der Waals surface area contributed by atoms with Crippen molar-refractivity contribution in [2.45, 2.75) is 0 Å². The number of hydrogen-bond donors (Lipinski definition) is 4. The highest BCUT2D eigenvalue weighted by molar-refractivity contribution is 6.02. The number of carbonyl (C=O) groups is 2. The summed E-state index contributed by atoms with van der Waals surface area (Å²) in [4.78, 5) is 32.5. The number of fused-ring (bicyclic) bond motifs is 1. The Morgan fingerprint density at radius 2 is 1.85 bits per heavy atom. The van der Waals surface area contributed by atoms with Crippen LogP contribution in [0.25, 0.3) is 10.8 Å². The molecule has 1 aromatic heterocycles. The number of rotatable bonds is 12. The summed E-state index contributed by atoms with van der Waals surface area (Å²) in [7, 11) is 1.59. The number of carbonyl (C=O) groups excluding carboxylic acids is 1. The first kappa shape index (κ1) is 27.8. The maximum atomic E-state index is 12.7. The van der Waals surface area contributed by atoms with Gasteiger partial charge in [0.05, 0.1) is 25.5 Å². The average molecular weight is 542 g/mol. The SMILES string of the molecule is C#Cc1cc(Nc2nccc(Oc3ccc(NC(=O)O)c4ccccc34)n2)cc(C(=O)NCCOCCOC)c1. The number of aromatic nitrogens is 2. The number of terminal acetylenes is 1. The monoisotopic (exact) mass is 541 g/mol. The third kappa shape index (κ3) is 7.44. The third-order valence-corrected chi connectivity index (χ3v) is 5.55. The van der Waals surface area contributed by atoms with Gasteiger partial charge in [-0.1, -0.05) is 30.2 Å². The molecule has 0 atom stereocenters. The smallest absolute Gasteiger partial charge is 0.409 e. The van der Waals surface area contributed by atoms with Gasteiger partial charge in [-0.3, -0.25) is 10.1 Å². The topological polar surface area (TPSA) is 144 Å². The van der Waals surface area contributed by atoms with Crippen LogP contribution in [0, 0.1) is 12.3 Å². The van der Waals surface area contributed by atoms with Crippen LogP contribution in [0.3, 0.4) is 0 Å². The summed E-state index contributed by atoms with van der Waals surface area (Å²) in [5.74, 6) is 3.20. The molecule has 0 aliphatic carbocycles. The van der Waals surface area contributed by atoms with E-state index in [0.717, 1.165) is 0 Å². The molecule has 40 heavy (non-hydrogen) atoms. The minimum absolute atomic E-state index is 0.220. The van der Waals surface area contributed by atoms with Gasteiger partial charge in [-0.2, -0.15) is 4.98 Å². The first-order chi connectivity index (χ1) is 19.5. The average Bonchev–Trinajstić information content (AvgIpc) is 2.96. The number of nitrogens with one attached hydrogen (secondary N) is 3. The van der Waals surface area contributed by atoms with E-state index in [2.05, 4.69) is 31.8 Å². The molecule has 4 aromatic rings. The van der Waals surface area contributed by atoms with E-state index in [-0.39, 0.29) is 17.7 Å². The first-order valence-corrected chi connectivity index (χ1v) is 12.2. The van der Waals surface area contributed by atoms with Crippen LogP contribution in [-0.4, -0.2) is 60.6 Å². The van der Waals surface area contributed by atoms with Crippen LogP contribution in [0.4, 0.5) is 22.1 Å². The number of ether oxygens (including phenoxy) is 3. The molecule has 2 amide bonds. The van der Waals surface area contributed by atoms with E-state index in [1.807, 2.05) is 18.2 Å². The summed E-state index contributed by atoms with van der Waals surface area (Å²) in [6, 6.07) is 17.1. The third-order valence-electron chi connectivity index (χ3n) is 5.55. The predicted octanol–water partition coefficient (Wildman–Crippen LogP) is 4.63. The maximum absolute atomic E-state index is 12.7. The van der Waals surface area contributed by atoms with Crippen LogP contribution in [-0.2, 0) is 9.47 Å². The summed E-state index contributed by atoms with van der Waals surface area (Å²) in [6.07, 6.45) is 5.98. The number of benzene rings is 3. The molecule has 11 heteroatoms. The van der Waals surface area contributed by atoms with Gasteiger partial charge in [0.15, 0.2) is 0 Å². The van der Waals surface area contributed by atoms with E-state index in [1.165, 1.54) is 6.20 Å². The fourth-order valence-corrected chi connectivity index (χ4v) is 3.78. The lowest BCUT2D eigenvalue weighted by atomic mass is 10.1. The molecular weight excluding hydrogens is 514 g/mol. The van der Waals surface area contributed by atoms with E-state index in [4.69, 9.17) is 25.7 Å². The Morgan fingerprint density at radius 3 is 2.62 bits per heavy atom. The quantitative estimate of drug-likeness (QED) is 0.149. The van der Waals surface area contributed by atoms with Crippen LogP contribution in [0.5, 0.6) is 11.6 Å². The van der Waals surface area contributed by atoms with Crippen molar-refractivity contribution < 1.29 is 28.9 Å². The summed E-state index contributed by atoms with van der Waals surface area (Å²) >= 11 is 0. The van der Waals surface area contributed by atoms with Gasteiger partial charge >= 0.3 is 6.09 Å². The molecule has 3 aromatic carbocycles. The molecule has 0 fully saturated rings. The zero-order valence-corrected chi connectivity index (χ0v) is 21.6. The summed E-state index contributed by atoms with van der Waals surface area (Å²) in [5.41, 5.74) is 1.82. The van der Waals surface area contributed by atoms with Gasteiger partial charge in [0.2, 0.25) is 11.8 Å². The van der Waals surface area contributed by atoms with Crippen LogP contribution in [0.2, 0.25) is 0 Å². The van der Waals surface area contributed by atoms with Crippen LogP contribution < -0.4 is 20.7 Å². The largest absolute Gasteiger partial charge is 0.465 e. The minimum atomic E-state index is -1.16. The van der Waals surface area contributed by atoms with Crippen molar-refractivity contribution in [3.8, 4) is 24.0 Å². The molecule has 0 spiro atoms. The molecule has 0 saturated carbocycles. The number of nitrogens with zero attached hydrogens (tertiary/aromatic N) is 2. The number of methoxy groups -OCH3 is 1.